The van der Waals surface area contributed by atoms with E-state index in [-0.39, 0.29) is 5.91 Å². The molecule has 0 aromatic carbocycles. The molecule has 0 unspecified atom stereocenters. The highest BCUT2D eigenvalue weighted by Gasteiger charge is 2.52. The minimum absolute atomic E-state index is 0.373. The van der Waals surface area contributed by atoms with Gasteiger partial charge in [0.25, 0.3) is 5.91 Å². The zero-order valence-electron chi connectivity index (χ0n) is 10.6. The van der Waals surface area contributed by atoms with E-state index < -0.39 is 30.1 Å². The van der Waals surface area contributed by atoms with Crippen LogP contribution < -0.4 is 16.0 Å². The first kappa shape index (κ1) is 13.3. The predicted molar refractivity (Wildman–Crippen MR) is 64.0 cm³/mol. The highest BCUT2D eigenvalue weighted by atomic mass is 16.2. The zero-order chi connectivity index (χ0) is 14.0. The van der Waals surface area contributed by atoms with Gasteiger partial charge < -0.3 is 10.6 Å². The van der Waals surface area contributed by atoms with E-state index in [2.05, 4.69) is 10.6 Å². The minimum atomic E-state index is -0.829. The normalized spacial score (nSPS) is 20.6. The van der Waals surface area contributed by atoms with Crippen LogP contribution in [0.2, 0.25) is 0 Å². The number of amides is 6. The summed E-state index contributed by atoms with van der Waals surface area (Å²) in [5.41, 5.74) is -0.829. The number of imide groups is 2. The summed E-state index contributed by atoms with van der Waals surface area (Å²) in [7, 11) is 1.36. The molecule has 6 amide bonds. The number of hydrogen-bond donors (Lipinski definition) is 3. The van der Waals surface area contributed by atoms with Gasteiger partial charge in [-0.2, -0.15) is 0 Å². The van der Waals surface area contributed by atoms with E-state index in [0.29, 0.717) is 12.8 Å². The van der Waals surface area contributed by atoms with Crippen LogP contribution in [0.5, 0.6) is 0 Å². The molecular formula is C11H16N4O4. The lowest BCUT2D eigenvalue weighted by Gasteiger charge is -2.19. The molecule has 3 N–H and O–H groups in total. The van der Waals surface area contributed by atoms with Crippen molar-refractivity contribution in [2.45, 2.75) is 31.2 Å². The van der Waals surface area contributed by atoms with E-state index in [1.807, 2.05) is 5.32 Å². The molecule has 1 saturated heterocycles. The maximum atomic E-state index is 12.2. The maximum absolute atomic E-state index is 12.2. The molecule has 8 heteroatoms. The van der Waals surface area contributed by atoms with Crippen LogP contribution in [-0.4, -0.2) is 47.9 Å². The summed E-state index contributed by atoms with van der Waals surface area (Å²) in [6.45, 7) is -0.445. The summed E-state index contributed by atoms with van der Waals surface area (Å²) in [6.07, 6.45) is 2.96. The molecular weight excluding hydrogens is 252 g/mol. The SMILES string of the molecule is CNC(=O)NC(=O)CN1C(=O)NC2(CCCC2)C1=O. The molecule has 19 heavy (non-hydrogen) atoms. The summed E-state index contributed by atoms with van der Waals surface area (Å²) in [5.74, 6) is -1.07. The Labute approximate surface area is 109 Å². The fourth-order valence-electron chi connectivity index (χ4n) is 2.51. The van der Waals surface area contributed by atoms with Crippen LogP contribution in [0, 0.1) is 0 Å². The summed E-state index contributed by atoms with van der Waals surface area (Å²) < 4.78 is 0. The van der Waals surface area contributed by atoms with E-state index in [0.717, 1.165) is 17.7 Å². The number of hydrogen-bond acceptors (Lipinski definition) is 4. The Kier molecular flexibility index (Phi) is 3.41. The average Bonchev–Trinajstić information content (AvgIpc) is 2.91. The number of nitrogens with zero attached hydrogens (tertiary/aromatic N) is 1. The molecule has 2 rings (SSSR count). The molecule has 1 saturated carbocycles. The quantitative estimate of drug-likeness (QED) is 0.576. The number of nitrogens with one attached hydrogen (secondary N) is 3. The Hall–Kier alpha value is -2.12. The van der Waals surface area contributed by atoms with E-state index in [9.17, 15) is 19.2 Å². The lowest BCUT2D eigenvalue weighted by molar-refractivity contribution is -0.134. The van der Waals surface area contributed by atoms with Gasteiger partial charge in [-0.1, -0.05) is 12.8 Å². The van der Waals surface area contributed by atoms with Crippen LogP contribution in [-0.2, 0) is 9.59 Å². The largest absolute Gasteiger partial charge is 0.341 e. The van der Waals surface area contributed by atoms with Crippen LogP contribution in [0.3, 0.4) is 0 Å². The van der Waals surface area contributed by atoms with Gasteiger partial charge in [0.1, 0.15) is 12.1 Å². The van der Waals surface area contributed by atoms with Crippen molar-refractivity contribution in [3.8, 4) is 0 Å². The van der Waals surface area contributed by atoms with Gasteiger partial charge in [-0.05, 0) is 12.8 Å². The van der Waals surface area contributed by atoms with Crippen molar-refractivity contribution in [1.29, 1.82) is 0 Å². The van der Waals surface area contributed by atoms with Gasteiger partial charge >= 0.3 is 12.1 Å². The molecule has 1 aliphatic carbocycles. The first-order valence-electron chi connectivity index (χ1n) is 6.14. The Morgan fingerprint density at radius 3 is 2.53 bits per heavy atom. The van der Waals surface area contributed by atoms with Crippen molar-refractivity contribution in [3.63, 3.8) is 0 Å². The predicted octanol–water partition coefficient (Wildman–Crippen LogP) is -0.693. The van der Waals surface area contributed by atoms with Crippen LogP contribution in [0.4, 0.5) is 9.59 Å². The number of rotatable bonds is 2. The third-order valence-electron chi connectivity index (χ3n) is 3.48. The zero-order valence-corrected chi connectivity index (χ0v) is 10.6. The first-order chi connectivity index (χ1) is 8.98. The molecule has 2 aliphatic rings. The van der Waals surface area contributed by atoms with E-state index in [1.54, 1.807) is 0 Å². The fraction of sp³-hybridized carbons (Fsp3) is 0.636. The van der Waals surface area contributed by atoms with Crippen LogP contribution in [0.25, 0.3) is 0 Å². The molecule has 2 fully saturated rings. The van der Waals surface area contributed by atoms with Gasteiger partial charge in [0, 0.05) is 7.05 Å². The highest BCUT2D eigenvalue weighted by Crippen LogP contribution is 2.34. The molecule has 0 aromatic rings. The molecule has 0 radical (unpaired) electrons. The molecule has 1 heterocycles. The number of carbonyl (C=O) groups excluding carboxylic acids is 4. The fourth-order valence-corrected chi connectivity index (χ4v) is 2.51. The molecule has 1 aliphatic heterocycles. The molecule has 8 nitrogen and oxygen atoms in total. The summed E-state index contributed by atoms with van der Waals surface area (Å²) >= 11 is 0. The van der Waals surface area contributed by atoms with Crippen LogP contribution >= 0.6 is 0 Å². The molecule has 0 bridgehead atoms. The lowest BCUT2D eigenvalue weighted by Crippen LogP contribution is -2.47. The second-order valence-corrected chi connectivity index (χ2v) is 4.74. The van der Waals surface area contributed by atoms with Gasteiger partial charge in [0.2, 0.25) is 5.91 Å². The number of urea groups is 2. The Balaban J connectivity index is 2.01. The summed E-state index contributed by atoms with van der Waals surface area (Å²) in [5, 5.41) is 6.89. The minimum Gasteiger partial charge on any atom is -0.341 e. The molecule has 0 aromatic heterocycles. The van der Waals surface area contributed by atoms with E-state index in [4.69, 9.17) is 0 Å². The monoisotopic (exact) mass is 268 g/mol. The second kappa shape index (κ2) is 4.87. The maximum Gasteiger partial charge on any atom is 0.325 e. The third-order valence-corrected chi connectivity index (χ3v) is 3.48. The van der Waals surface area contributed by atoms with Gasteiger partial charge in [-0.3, -0.25) is 19.8 Å². The third kappa shape index (κ3) is 2.38. The van der Waals surface area contributed by atoms with Crippen molar-refractivity contribution in [2.75, 3.05) is 13.6 Å². The standard InChI is InChI=1S/C11H16N4O4/c1-12-9(18)13-7(16)6-15-8(17)11(14-10(15)19)4-2-3-5-11/h2-6H2,1H3,(H,14,19)(H2,12,13,16,18). The molecule has 1 spiro atoms. The van der Waals surface area contributed by atoms with Gasteiger partial charge in [0.15, 0.2) is 0 Å². The van der Waals surface area contributed by atoms with Gasteiger partial charge in [0.05, 0.1) is 0 Å². The van der Waals surface area contributed by atoms with Crippen LogP contribution in [0.15, 0.2) is 0 Å². The summed E-state index contributed by atoms with van der Waals surface area (Å²) in [6, 6.07) is -1.24. The average molecular weight is 268 g/mol. The van der Waals surface area contributed by atoms with Crippen molar-refractivity contribution in [3.05, 3.63) is 0 Å². The molecule has 104 valence electrons. The highest BCUT2D eigenvalue weighted by molar-refractivity contribution is 6.10. The Morgan fingerprint density at radius 2 is 1.95 bits per heavy atom. The summed E-state index contributed by atoms with van der Waals surface area (Å²) in [4.78, 5) is 47.3. The topological polar surface area (TPSA) is 108 Å². The van der Waals surface area contributed by atoms with Gasteiger partial charge in [-0.15, -0.1) is 0 Å². The Morgan fingerprint density at radius 1 is 1.32 bits per heavy atom. The van der Waals surface area contributed by atoms with Crippen molar-refractivity contribution in [1.82, 2.24) is 20.9 Å². The van der Waals surface area contributed by atoms with Crippen molar-refractivity contribution in [2.24, 2.45) is 0 Å². The first-order valence-corrected chi connectivity index (χ1v) is 6.14. The van der Waals surface area contributed by atoms with Crippen molar-refractivity contribution < 1.29 is 19.2 Å². The van der Waals surface area contributed by atoms with E-state index >= 15 is 0 Å². The lowest BCUT2D eigenvalue weighted by atomic mass is 9.98. The van der Waals surface area contributed by atoms with Crippen molar-refractivity contribution >= 4 is 23.9 Å². The van der Waals surface area contributed by atoms with E-state index in [1.165, 1.54) is 7.05 Å². The smallest absolute Gasteiger partial charge is 0.325 e. The molecule has 0 atom stereocenters. The van der Waals surface area contributed by atoms with Crippen LogP contribution in [0.1, 0.15) is 25.7 Å². The second-order valence-electron chi connectivity index (χ2n) is 4.74. The number of carbonyl (C=O) groups is 4. The van der Waals surface area contributed by atoms with Gasteiger partial charge in [-0.25, -0.2) is 9.59 Å². The Bertz CT molecular complexity index is 442.